The van der Waals surface area contributed by atoms with Gasteiger partial charge >= 0.3 is 0 Å². The lowest BCUT2D eigenvalue weighted by atomic mass is 9.99. The molecule has 1 aromatic heterocycles. The predicted octanol–water partition coefficient (Wildman–Crippen LogP) is 4.23. The summed E-state index contributed by atoms with van der Waals surface area (Å²) in [6.07, 6.45) is 2.67. The van der Waals surface area contributed by atoms with Crippen LogP contribution in [0.15, 0.2) is 29.6 Å². The Balaban J connectivity index is 1.36. The number of rotatable bonds is 8. The number of thiazole rings is 1. The van der Waals surface area contributed by atoms with Gasteiger partial charge in [-0.3, -0.25) is 9.69 Å². The van der Waals surface area contributed by atoms with Crippen molar-refractivity contribution in [1.82, 2.24) is 15.2 Å². The second-order valence-corrected chi connectivity index (χ2v) is 9.47. The third-order valence-corrected chi connectivity index (χ3v) is 6.60. The number of nitrogens with one attached hydrogen (secondary N) is 1. The Hall–Kier alpha value is -1.37. The van der Waals surface area contributed by atoms with E-state index in [0.29, 0.717) is 12.3 Å². The first-order valence-corrected chi connectivity index (χ1v) is 11.7. The van der Waals surface area contributed by atoms with Gasteiger partial charge in [-0.25, -0.2) is 4.98 Å². The number of carbonyl (C=O) groups excluding carboxylic acids is 1. The van der Waals surface area contributed by atoms with Crippen LogP contribution in [0, 0.1) is 12.8 Å². The number of hydrogen-bond acceptors (Lipinski definition) is 5. The van der Waals surface area contributed by atoms with E-state index in [1.54, 1.807) is 23.1 Å². The minimum absolute atomic E-state index is 0.0818. The Morgan fingerprint density at radius 1 is 1.33 bits per heavy atom. The molecule has 0 radical (unpaired) electrons. The normalized spacial score (nSPS) is 17.8. The van der Waals surface area contributed by atoms with E-state index < -0.39 is 0 Å². The summed E-state index contributed by atoms with van der Waals surface area (Å²) in [5.41, 5.74) is 3.57. The van der Waals surface area contributed by atoms with E-state index in [2.05, 4.69) is 51.8 Å². The van der Waals surface area contributed by atoms with Gasteiger partial charge in [-0.1, -0.05) is 31.2 Å². The second-order valence-electron chi connectivity index (χ2n) is 7.43. The van der Waals surface area contributed by atoms with E-state index in [0.717, 1.165) is 34.5 Å². The van der Waals surface area contributed by atoms with E-state index in [4.69, 9.17) is 0 Å². The third kappa shape index (κ3) is 6.94. The summed E-state index contributed by atoms with van der Waals surface area (Å²) >= 11 is 3.27. The van der Waals surface area contributed by atoms with Crippen molar-refractivity contribution in [2.45, 2.75) is 45.5 Å². The Bertz CT molecular complexity index is 729. The average Bonchev–Trinajstić information content (AvgIpc) is 3.06. The third-order valence-electron chi connectivity index (χ3n) is 4.81. The summed E-state index contributed by atoms with van der Waals surface area (Å²) in [6.45, 7) is 8.38. The minimum atomic E-state index is 0.0818. The van der Waals surface area contributed by atoms with Crippen LogP contribution in [0.5, 0.6) is 0 Å². The molecule has 1 aliphatic rings. The zero-order valence-electron chi connectivity index (χ0n) is 16.2. The summed E-state index contributed by atoms with van der Waals surface area (Å²) < 4.78 is 0. The summed E-state index contributed by atoms with van der Waals surface area (Å²) in [7, 11) is 0. The fourth-order valence-corrected chi connectivity index (χ4v) is 4.89. The van der Waals surface area contributed by atoms with E-state index in [9.17, 15) is 4.79 Å². The predicted molar refractivity (Wildman–Crippen MR) is 115 cm³/mol. The second kappa shape index (κ2) is 10.2. The molecule has 1 unspecified atom stereocenters. The molecule has 0 spiro atoms. The van der Waals surface area contributed by atoms with Crippen molar-refractivity contribution in [3.63, 3.8) is 0 Å². The lowest BCUT2D eigenvalue weighted by Gasteiger charge is -2.30. The van der Waals surface area contributed by atoms with Crippen LogP contribution >= 0.6 is 23.1 Å². The van der Waals surface area contributed by atoms with Crippen molar-refractivity contribution in [1.29, 1.82) is 0 Å². The van der Waals surface area contributed by atoms with Crippen molar-refractivity contribution in [2.24, 2.45) is 5.92 Å². The highest BCUT2D eigenvalue weighted by Crippen LogP contribution is 2.18. The van der Waals surface area contributed by atoms with E-state index in [1.807, 2.05) is 6.92 Å². The number of thioether (sulfide) groups is 1. The molecule has 1 aromatic carbocycles. The lowest BCUT2D eigenvalue weighted by Crippen LogP contribution is -2.33. The van der Waals surface area contributed by atoms with Crippen LogP contribution < -0.4 is 5.32 Å². The molecule has 1 saturated heterocycles. The molecular formula is C21H29N3OS2. The zero-order chi connectivity index (χ0) is 19.1. The fourth-order valence-electron chi connectivity index (χ4n) is 3.43. The molecule has 0 saturated carbocycles. The number of likely N-dealkylation sites (tertiary alicyclic amines) is 1. The van der Waals surface area contributed by atoms with Gasteiger partial charge in [-0.2, -0.15) is 0 Å². The summed E-state index contributed by atoms with van der Waals surface area (Å²) in [5, 5.41) is 6.15. The van der Waals surface area contributed by atoms with Crippen molar-refractivity contribution < 1.29 is 4.79 Å². The molecular weight excluding hydrogens is 374 g/mol. The van der Waals surface area contributed by atoms with Crippen LogP contribution in [0.25, 0.3) is 0 Å². The molecule has 3 rings (SSSR count). The quantitative estimate of drug-likeness (QED) is 0.716. The van der Waals surface area contributed by atoms with Gasteiger partial charge in [-0.15, -0.1) is 23.1 Å². The van der Waals surface area contributed by atoms with Crippen LogP contribution in [-0.4, -0.2) is 34.6 Å². The molecule has 2 aromatic rings. The molecule has 27 heavy (non-hydrogen) atoms. The van der Waals surface area contributed by atoms with Crippen molar-refractivity contribution in [3.05, 3.63) is 51.5 Å². The minimum Gasteiger partial charge on any atom is -0.351 e. The number of aryl methyl sites for hydroxylation is 1. The number of nitrogens with zero attached hydrogens (tertiary/aromatic N) is 2. The number of hydrogen-bond donors (Lipinski definition) is 1. The summed E-state index contributed by atoms with van der Waals surface area (Å²) in [4.78, 5) is 19.0. The van der Waals surface area contributed by atoms with Gasteiger partial charge in [0.1, 0.15) is 0 Å². The number of piperidine rings is 1. The van der Waals surface area contributed by atoms with Crippen LogP contribution in [0.2, 0.25) is 0 Å². The first-order chi connectivity index (χ1) is 13.1. The molecule has 146 valence electrons. The number of benzene rings is 1. The van der Waals surface area contributed by atoms with E-state index >= 15 is 0 Å². The Morgan fingerprint density at radius 3 is 2.81 bits per heavy atom. The van der Waals surface area contributed by atoms with Gasteiger partial charge in [0, 0.05) is 30.8 Å². The lowest BCUT2D eigenvalue weighted by molar-refractivity contribution is -0.118. The highest BCUT2D eigenvalue weighted by Gasteiger charge is 2.16. The van der Waals surface area contributed by atoms with Gasteiger partial charge in [0.25, 0.3) is 0 Å². The van der Waals surface area contributed by atoms with Crippen LogP contribution in [0.1, 0.15) is 41.6 Å². The Labute approximate surface area is 170 Å². The fraction of sp³-hybridized carbons (Fsp3) is 0.524. The standard InChI is InChI=1S/C21H29N3OS2/c1-16-4-3-9-24(11-16)12-19-7-5-18(6-8-19)10-22-21(25)15-26-13-20-14-27-17(2)23-20/h5-8,14,16H,3-4,9-13,15H2,1-2H3,(H,22,25). The van der Waals surface area contributed by atoms with E-state index in [-0.39, 0.29) is 5.91 Å². The molecule has 1 atom stereocenters. The topological polar surface area (TPSA) is 45.2 Å². The summed E-state index contributed by atoms with van der Waals surface area (Å²) in [6, 6.07) is 8.66. The van der Waals surface area contributed by atoms with Crippen LogP contribution in [-0.2, 0) is 23.6 Å². The highest BCUT2D eigenvalue weighted by molar-refractivity contribution is 7.99. The van der Waals surface area contributed by atoms with Gasteiger partial charge in [0.05, 0.1) is 16.5 Å². The number of amides is 1. The van der Waals surface area contributed by atoms with Gasteiger partial charge in [0.15, 0.2) is 0 Å². The molecule has 1 aliphatic heterocycles. The Kier molecular flexibility index (Phi) is 7.73. The number of carbonyl (C=O) groups is 1. The monoisotopic (exact) mass is 403 g/mol. The molecule has 4 nitrogen and oxygen atoms in total. The van der Waals surface area contributed by atoms with Gasteiger partial charge < -0.3 is 5.32 Å². The SMILES string of the molecule is Cc1nc(CSCC(=O)NCc2ccc(CN3CCCC(C)C3)cc2)cs1. The highest BCUT2D eigenvalue weighted by atomic mass is 32.2. The maximum Gasteiger partial charge on any atom is 0.230 e. The largest absolute Gasteiger partial charge is 0.351 e. The maximum atomic E-state index is 12.0. The average molecular weight is 404 g/mol. The number of aromatic nitrogens is 1. The first kappa shape index (κ1) is 20.4. The summed E-state index contributed by atoms with van der Waals surface area (Å²) in [5.74, 6) is 2.16. The maximum absolute atomic E-state index is 12.0. The van der Waals surface area contributed by atoms with Crippen molar-refractivity contribution in [3.8, 4) is 0 Å². The smallest absolute Gasteiger partial charge is 0.230 e. The molecule has 2 heterocycles. The first-order valence-electron chi connectivity index (χ1n) is 9.64. The molecule has 6 heteroatoms. The van der Waals surface area contributed by atoms with Gasteiger partial charge in [-0.05, 0) is 43.4 Å². The van der Waals surface area contributed by atoms with Crippen molar-refractivity contribution >= 4 is 29.0 Å². The van der Waals surface area contributed by atoms with Crippen LogP contribution in [0.4, 0.5) is 0 Å². The molecule has 1 N–H and O–H groups in total. The molecule has 0 aliphatic carbocycles. The molecule has 1 fully saturated rings. The van der Waals surface area contributed by atoms with Crippen LogP contribution in [0.3, 0.4) is 0 Å². The Morgan fingerprint density at radius 2 is 2.11 bits per heavy atom. The molecule has 1 amide bonds. The van der Waals surface area contributed by atoms with Crippen molar-refractivity contribution in [2.75, 3.05) is 18.8 Å². The van der Waals surface area contributed by atoms with E-state index in [1.165, 1.54) is 31.5 Å². The zero-order valence-corrected chi connectivity index (χ0v) is 17.9. The molecule has 0 bridgehead atoms. The van der Waals surface area contributed by atoms with Gasteiger partial charge in [0.2, 0.25) is 5.91 Å².